The van der Waals surface area contributed by atoms with E-state index < -0.39 is 0 Å². The highest BCUT2D eigenvalue weighted by molar-refractivity contribution is 5.91. The second-order valence-electron chi connectivity index (χ2n) is 2.89. The van der Waals surface area contributed by atoms with Crippen LogP contribution in [0.25, 0.3) is 0 Å². The van der Waals surface area contributed by atoms with Gasteiger partial charge in [0.2, 0.25) is 0 Å². The summed E-state index contributed by atoms with van der Waals surface area (Å²) in [5, 5.41) is 0. The first-order chi connectivity index (χ1) is 6.69. The summed E-state index contributed by atoms with van der Waals surface area (Å²) < 4.78 is 4.89. The highest BCUT2D eigenvalue weighted by atomic mass is 35.5. The van der Waals surface area contributed by atoms with E-state index in [1.54, 1.807) is 25.1 Å². The fraction of sp³-hybridized carbons (Fsp3) is 0.300. The number of benzene rings is 1. The molecule has 1 aromatic carbocycles. The van der Waals surface area contributed by atoms with E-state index in [-0.39, 0.29) is 18.4 Å². The predicted molar refractivity (Wildman–Crippen MR) is 62.2 cm³/mol. The molecule has 0 aliphatic carbocycles. The summed E-state index contributed by atoms with van der Waals surface area (Å²) in [5.74, 6) is 4.94. The van der Waals surface area contributed by atoms with Gasteiger partial charge in [0.25, 0.3) is 0 Å². The lowest BCUT2D eigenvalue weighted by Gasteiger charge is -2.07. The molecule has 0 amide bonds. The number of hydrogen-bond acceptors (Lipinski definition) is 4. The Morgan fingerprint density at radius 1 is 1.53 bits per heavy atom. The first-order valence-corrected chi connectivity index (χ1v) is 4.43. The van der Waals surface area contributed by atoms with E-state index in [1.165, 1.54) is 0 Å². The van der Waals surface area contributed by atoms with E-state index in [9.17, 15) is 4.79 Å². The fourth-order valence-electron chi connectivity index (χ4n) is 1.19. The van der Waals surface area contributed by atoms with E-state index in [2.05, 4.69) is 5.43 Å². The van der Waals surface area contributed by atoms with Crippen molar-refractivity contribution in [3.8, 4) is 0 Å². The van der Waals surface area contributed by atoms with Crippen LogP contribution in [0.5, 0.6) is 0 Å². The third-order valence-electron chi connectivity index (χ3n) is 1.89. The van der Waals surface area contributed by atoms with Crippen molar-refractivity contribution in [1.29, 1.82) is 0 Å². The smallest absolute Gasteiger partial charge is 0.338 e. The first kappa shape index (κ1) is 13.7. The SMILES string of the molecule is CCOC(=O)c1ccc(NN)cc1C.Cl. The van der Waals surface area contributed by atoms with Crippen LogP contribution in [-0.2, 0) is 4.74 Å². The van der Waals surface area contributed by atoms with Crippen molar-refractivity contribution in [2.45, 2.75) is 13.8 Å². The Labute approximate surface area is 95.2 Å². The molecule has 0 bridgehead atoms. The molecule has 0 heterocycles. The van der Waals surface area contributed by atoms with Crippen molar-refractivity contribution in [3.63, 3.8) is 0 Å². The van der Waals surface area contributed by atoms with Crippen molar-refractivity contribution < 1.29 is 9.53 Å². The zero-order chi connectivity index (χ0) is 10.6. The second-order valence-corrected chi connectivity index (χ2v) is 2.89. The van der Waals surface area contributed by atoms with Gasteiger partial charge in [0.05, 0.1) is 12.2 Å². The number of ether oxygens (including phenoxy) is 1. The Kier molecular flexibility index (Phi) is 5.74. The third kappa shape index (κ3) is 3.42. The molecule has 1 aromatic rings. The van der Waals surface area contributed by atoms with Gasteiger partial charge < -0.3 is 10.2 Å². The minimum atomic E-state index is -0.298. The largest absolute Gasteiger partial charge is 0.462 e. The van der Waals surface area contributed by atoms with Crippen LogP contribution < -0.4 is 11.3 Å². The Balaban J connectivity index is 0.00000196. The van der Waals surface area contributed by atoms with Gasteiger partial charge in [-0.2, -0.15) is 0 Å². The number of anilines is 1. The number of hydrogen-bond donors (Lipinski definition) is 2. The molecule has 0 fully saturated rings. The summed E-state index contributed by atoms with van der Waals surface area (Å²) in [5.41, 5.74) is 4.71. The molecule has 5 heteroatoms. The number of nitrogens with one attached hydrogen (secondary N) is 1. The molecule has 0 saturated carbocycles. The lowest BCUT2D eigenvalue weighted by Crippen LogP contribution is -2.10. The van der Waals surface area contributed by atoms with Gasteiger partial charge in [0.15, 0.2) is 0 Å². The number of rotatable bonds is 3. The maximum Gasteiger partial charge on any atom is 0.338 e. The average Bonchev–Trinajstić information content (AvgIpc) is 2.17. The van der Waals surface area contributed by atoms with E-state index in [0.29, 0.717) is 12.2 Å². The zero-order valence-electron chi connectivity index (χ0n) is 8.74. The number of halogens is 1. The molecule has 0 radical (unpaired) electrons. The summed E-state index contributed by atoms with van der Waals surface area (Å²) in [6.07, 6.45) is 0. The van der Waals surface area contributed by atoms with Crippen molar-refractivity contribution >= 4 is 24.1 Å². The molecule has 0 aromatic heterocycles. The van der Waals surface area contributed by atoms with Crippen LogP contribution in [0.15, 0.2) is 18.2 Å². The van der Waals surface area contributed by atoms with Gasteiger partial charge in [-0.3, -0.25) is 5.84 Å². The van der Waals surface area contributed by atoms with Gasteiger partial charge in [-0.05, 0) is 37.6 Å². The maximum absolute atomic E-state index is 11.4. The van der Waals surface area contributed by atoms with Gasteiger partial charge in [0.1, 0.15) is 0 Å². The Morgan fingerprint density at radius 2 is 2.20 bits per heavy atom. The molecule has 3 N–H and O–H groups in total. The summed E-state index contributed by atoms with van der Waals surface area (Å²) in [6, 6.07) is 5.23. The number of hydrazine groups is 1. The molecule has 15 heavy (non-hydrogen) atoms. The maximum atomic E-state index is 11.4. The van der Waals surface area contributed by atoms with Crippen LogP contribution in [-0.4, -0.2) is 12.6 Å². The van der Waals surface area contributed by atoms with E-state index >= 15 is 0 Å². The Bertz CT molecular complexity index is 342. The Hall–Kier alpha value is -1.26. The van der Waals surface area contributed by atoms with Crippen molar-refractivity contribution in [1.82, 2.24) is 0 Å². The van der Waals surface area contributed by atoms with Crippen LogP contribution in [0.4, 0.5) is 5.69 Å². The van der Waals surface area contributed by atoms with Gasteiger partial charge in [-0.15, -0.1) is 12.4 Å². The minimum absolute atomic E-state index is 0. The number of aryl methyl sites for hydroxylation is 1. The minimum Gasteiger partial charge on any atom is -0.462 e. The van der Waals surface area contributed by atoms with Gasteiger partial charge in [0, 0.05) is 5.69 Å². The summed E-state index contributed by atoms with van der Waals surface area (Å²) >= 11 is 0. The number of nitrogen functional groups attached to an aromatic ring is 1. The molecule has 0 atom stereocenters. The second kappa shape index (κ2) is 6.27. The van der Waals surface area contributed by atoms with Crippen molar-refractivity contribution in [3.05, 3.63) is 29.3 Å². The molecule has 1 rings (SSSR count). The molecular weight excluding hydrogens is 216 g/mol. The normalized spacial score (nSPS) is 9.00. The molecule has 0 unspecified atom stereocenters. The van der Waals surface area contributed by atoms with Crippen LogP contribution >= 0.6 is 12.4 Å². The van der Waals surface area contributed by atoms with Crippen LogP contribution in [0.3, 0.4) is 0 Å². The van der Waals surface area contributed by atoms with Crippen LogP contribution in [0, 0.1) is 6.92 Å². The van der Waals surface area contributed by atoms with E-state index in [1.807, 2.05) is 6.92 Å². The standard InChI is InChI=1S/C10H14N2O2.ClH/c1-3-14-10(13)9-5-4-8(12-11)6-7(9)2;/h4-6,12H,3,11H2,1-2H3;1H. The molecule has 4 nitrogen and oxygen atoms in total. The van der Waals surface area contributed by atoms with E-state index in [0.717, 1.165) is 11.3 Å². The van der Waals surface area contributed by atoms with Crippen molar-refractivity contribution in [2.75, 3.05) is 12.0 Å². The van der Waals surface area contributed by atoms with Crippen molar-refractivity contribution in [2.24, 2.45) is 5.84 Å². The number of carbonyl (C=O) groups excluding carboxylic acids is 1. The van der Waals surface area contributed by atoms with Gasteiger partial charge >= 0.3 is 5.97 Å². The quantitative estimate of drug-likeness (QED) is 0.473. The summed E-state index contributed by atoms with van der Waals surface area (Å²) in [7, 11) is 0. The van der Waals surface area contributed by atoms with E-state index in [4.69, 9.17) is 10.6 Å². The molecule has 84 valence electrons. The van der Waals surface area contributed by atoms with Crippen LogP contribution in [0.1, 0.15) is 22.8 Å². The lowest BCUT2D eigenvalue weighted by molar-refractivity contribution is 0.0525. The molecule has 0 aliphatic rings. The number of nitrogens with two attached hydrogens (primary N) is 1. The molecule has 0 aliphatic heterocycles. The molecular formula is C10H15ClN2O2. The molecule has 0 saturated heterocycles. The Morgan fingerprint density at radius 3 is 2.67 bits per heavy atom. The summed E-state index contributed by atoms with van der Waals surface area (Å²) in [4.78, 5) is 11.4. The molecule has 0 spiro atoms. The highest BCUT2D eigenvalue weighted by Gasteiger charge is 2.09. The lowest BCUT2D eigenvalue weighted by atomic mass is 10.1. The predicted octanol–water partition coefficient (Wildman–Crippen LogP) is 1.88. The fourth-order valence-corrected chi connectivity index (χ4v) is 1.19. The topological polar surface area (TPSA) is 64.3 Å². The average molecular weight is 231 g/mol. The summed E-state index contributed by atoms with van der Waals surface area (Å²) in [6.45, 7) is 4.01. The highest BCUT2D eigenvalue weighted by Crippen LogP contribution is 2.15. The zero-order valence-corrected chi connectivity index (χ0v) is 9.56. The van der Waals surface area contributed by atoms with Crippen LogP contribution in [0.2, 0.25) is 0 Å². The first-order valence-electron chi connectivity index (χ1n) is 4.43. The third-order valence-corrected chi connectivity index (χ3v) is 1.89. The number of esters is 1. The monoisotopic (exact) mass is 230 g/mol. The number of carbonyl (C=O) groups is 1. The van der Waals surface area contributed by atoms with Gasteiger partial charge in [-0.1, -0.05) is 0 Å². The van der Waals surface area contributed by atoms with Gasteiger partial charge in [-0.25, -0.2) is 4.79 Å².